The number of hydrogen-bond acceptors (Lipinski definition) is 1. The zero-order chi connectivity index (χ0) is 8.69. The third kappa shape index (κ3) is 3.99. The lowest BCUT2D eigenvalue weighted by Crippen LogP contribution is -2.32. The zero-order valence-corrected chi connectivity index (χ0v) is 7.64. The Balaban J connectivity index is 3.73. The van der Waals surface area contributed by atoms with Gasteiger partial charge in [-0.3, -0.25) is 0 Å². The number of rotatable bonds is 6. The maximum absolute atomic E-state index is 3.79. The highest BCUT2D eigenvalue weighted by atomic mass is 14.9. The van der Waals surface area contributed by atoms with Crippen molar-refractivity contribution < 1.29 is 0 Å². The summed E-state index contributed by atoms with van der Waals surface area (Å²) in [6, 6.07) is 0.429. The van der Waals surface area contributed by atoms with Crippen molar-refractivity contribution in [1.82, 2.24) is 5.32 Å². The van der Waals surface area contributed by atoms with Crippen LogP contribution in [-0.2, 0) is 0 Å². The fourth-order valence-corrected chi connectivity index (χ4v) is 0.990. The molecule has 64 valence electrons. The highest BCUT2D eigenvalue weighted by Gasteiger charge is 2.09. The molecule has 0 aliphatic carbocycles. The molecule has 11 heavy (non-hydrogen) atoms. The Morgan fingerprint density at radius 3 is 2.45 bits per heavy atom. The van der Waals surface area contributed by atoms with E-state index in [9.17, 15) is 0 Å². The Kier molecular flexibility index (Phi) is 5.86. The van der Waals surface area contributed by atoms with Crippen LogP contribution in [0.1, 0.15) is 20.3 Å². The molecule has 1 N–H and O–H groups in total. The summed E-state index contributed by atoms with van der Waals surface area (Å²) in [6.45, 7) is 12.7. The molecule has 1 nitrogen and oxygen atoms in total. The van der Waals surface area contributed by atoms with Crippen LogP contribution in [0.25, 0.3) is 0 Å². The van der Waals surface area contributed by atoms with Gasteiger partial charge in [-0.15, -0.1) is 13.2 Å². The summed E-state index contributed by atoms with van der Waals surface area (Å²) < 4.78 is 0. The van der Waals surface area contributed by atoms with E-state index in [0.717, 1.165) is 6.54 Å². The maximum atomic E-state index is 3.79. The highest BCUT2D eigenvalue weighted by Crippen LogP contribution is 2.07. The first-order valence-corrected chi connectivity index (χ1v) is 4.23. The van der Waals surface area contributed by atoms with Crippen LogP contribution in [-0.4, -0.2) is 12.6 Å². The second-order valence-corrected chi connectivity index (χ2v) is 2.84. The van der Waals surface area contributed by atoms with Crippen LogP contribution in [0.3, 0.4) is 0 Å². The molecule has 1 heteroatoms. The molecule has 0 aromatic carbocycles. The van der Waals surface area contributed by atoms with E-state index in [0.29, 0.717) is 12.0 Å². The first-order valence-electron chi connectivity index (χ1n) is 4.23. The summed E-state index contributed by atoms with van der Waals surface area (Å²) in [7, 11) is 0. The average Bonchev–Trinajstić information content (AvgIpc) is 2.05. The van der Waals surface area contributed by atoms with E-state index in [-0.39, 0.29) is 0 Å². The summed E-state index contributed by atoms with van der Waals surface area (Å²) in [5, 5.41) is 3.33. The van der Waals surface area contributed by atoms with Crippen LogP contribution < -0.4 is 5.32 Å². The molecule has 0 heterocycles. The lowest BCUT2D eigenvalue weighted by atomic mass is 9.99. The van der Waals surface area contributed by atoms with Crippen molar-refractivity contribution in [2.45, 2.75) is 26.3 Å². The van der Waals surface area contributed by atoms with Gasteiger partial charge in [0.2, 0.25) is 0 Å². The van der Waals surface area contributed by atoms with Crippen molar-refractivity contribution in [2.75, 3.05) is 6.54 Å². The van der Waals surface area contributed by atoms with Gasteiger partial charge in [0.1, 0.15) is 0 Å². The molecular weight excluding hydrogens is 134 g/mol. The molecule has 2 unspecified atom stereocenters. The van der Waals surface area contributed by atoms with Crippen molar-refractivity contribution in [2.24, 2.45) is 5.92 Å². The van der Waals surface area contributed by atoms with E-state index in [1.54, 1.807) is 0 Å². The first-order chi connectivity index (χ1) is 5.26. The Hall–Kier alpha value is -0.560. The van der Waals surface area contributed by atoms with Gasteiger partial charge in [0.25, 0.3) is 0 Å². The van der Waals surface area contributed by atoms with Crippen molar-refractivity contribution in [3.63, 3.8) is 0 Å². The second-order valence-electron chi connectivity index (χ2n) is 2.84. The van der Waals surface area contributed by atoms with Crippen LogP contribution in [0.2, 0.25) is 0 Å². The molecule has 0 aliphatic rings. The molecule has 0 bridgehead atoms. The Morgan fingerprint density at radius 2 is 2.09 bits per heavy atom. The molecule has 0 amide bonds. The Labute approximate surface area is 70.2 Å². The van der Waals surface area contributed by atoms with Gasteiger partial charge in [0.15, 0.2) is 0 Å². The maximum Gasteiger partial charge on any atom is 0.0275 e. The molecule has 0 aliphatic heterocycles. The fraction of sp³-hybridized carbons (Fsp3) is 0.600. The van der Waals surface area contributed by atoms with Crippen molar-refractivity contribution in [1.29, 1.82) is 0 Å². The zero-order valence-electron chi connectivity index (χ0n) is 7.64. The lowest BCUT2D eigenvalue weighted by molar-refractivity contribution is 0.438. The largest absolute Gasteiger partial charge is 0.307 e. The van der Waals surface area contributed by atoms with E-state index in [4.69, 9.17) is 0 Å². The molecular formula is C10H19N. The van der Waals surface area contributed by atoms with Crippen LogP contribution in [0.15, 0.2) is 25.3 Å². The standard InChI is InChI=1S/C10H19N/c1-5-8-11-10(7-3)9(4)6-2/h5,7,9-11H,1,3,6,8H2,2,4H3. The second kappa shape index (κ2) is 6.17. The monoisotopic (exact) mass is 153 g/mol. The topological polar surface area (TPSA) is 12.0 Å². The summed E-state index contributed by atoms with van der Waals surface area (Å²) in [4.78, 5) is 0. The molecule has 2 atom stereocenters. The van der Waals surface area contributed by atoms with Gasteiger partial charge in [-0.1, -0.05) is 32.4 Å². The molecule has 0 aromatic rings. The SMILES string of the molecule is C=CCNC(C=C)C(C)CC. The van der Waals surface area contributed by atoms with Crippen LogP contribution >= 0.6 is 0 Å². The quantitative estimate of drug-likeness (QED) is 0.578. The van der Waals surface area contributed by atoms with Gasteiger partial charge in [0.05, 0.1) is 0 Å². The van der Waals surface area contributed by atoms with Gasteiger partial charge < -0.3 is 5.32 Å². The molecule has 0 saturated carbocycles. The Bertz CT molecular complexity index is 118. The van der Waals surface area contributed by atoms with Gasteiger partial charge in [-0.2, -0.15) is 0 Å². The van der Waals surface area contributed by atoms with Gasteiger partial charge in [-0.05, 0) is 5.92 Å². The first kappa shape index (κ1) is 10.4. The van der Waals surface area contributed by atoms with Crippen molar-refractivity contribution >= 4 is 0 Å². The third-order valence-electron chi connectivity index (χ3n) is 2.01. The van der Waals surface area contributed by atoms with Crippen molar-refractivity contribution in [3.8, 4) is 0 Å². The lowest BCUT2D eigenvalue weighted by Gasteiger charge is -2.19. The summed E-state index contributed by atoms with van der Waals surface area (Å²) in [5.41, 5.74) is 0. The minimum Gasteiger partial charge on any atom is -0.307 e. The Morgan fingerprint density at radius 1 is 1.45 bits per heavy atom. The van der Waals surface area contributed by atoms with E-state index < -0.39 is 0 Å². The summed E-state index contributed by atoms with van der Waals surface area (Å²) in [6.07, 6.45) is 5.03. The molecule has 0 rings (SSSR count). The third-order valence-corrected chi connectivity index (χ3v) is 2.01. The smallest absolute Gasteiger partial charge is 0.0275 e. The predicted molar refractivity (Wildman–Crippen MR) is 51.6 cm³/mol. The number of nitrogens with one attached hydrogen (secondary N) is 1. The molecule has 0 spiro atoms. The summed E-state index contributed by atoms with van der Waals surface area (Å²) >= 11 is 0. The van der Waals surface area contributed by atoms with Gasteiger partial charge in [-0.25, -0.2) is 0 Å². The van der Waals surface area contributed by atoms with E-state index in [1.165, 1.54) is 6.42 Å². The predicted octanol–water partition coefficient (Wildman–Crippen LogP) is 2.36. The molecule has 0 radical (unpaired) electrons. The number of hydrogen-bond donors (Lipinski definition) is 1. The molecule has 0 fully saturated rings. The van der Waals surface area contributed by atoms with Gasteiger partial charge >= 0.3 is 0 Å². The molecule has 0 aromatic heterocycles. The minimum atomic E-state index is 0.429. The van der Waals surface area contributed by atoms with E-state index >= 15 is 0 Å². The average molecular weight is 153 g/mol. The van der Waals surface area contributed by atoms with E-state index in [2.05, 4.69) is 32.3 Å². The van der Waals surface area contributed by atoms with Crippen molar-refractivity contribution in [3.05, 3.63) is 25.3 Å². The molecule has 0 saturated heterocycles. The fourth-order valence-electron chi connectivity index (χ4n) is 0.990. The van der Waals surface area contributed by atoms with Crippen LogP contribution in [0.5, 0.6) is 0 Å². The minimum absolute atomic E-state index is 0.429. The normalized spacial score (nSPS) is 15.5. The van der Waals surface area contributed by atoms with Gasteiger partial charge in [0, 0.05) is 12.6 Å². The highest BCUT2D eigenvalue weighted by molar-refractivity contribution is 4.90. The summed E-state index contributed by atoms with van der Waals surface area (Å²) in [5.74, 6) is 0.660. The van der Waals surface area contributed by atoms with Crippen LogP contribution in [0, 0.1) is 5.92 Å². The van der Waals surface area contributed by atoms with E-state index in [1.807, 2.05) is 12.2 Å². The van der Waals surface area contributed by atoms with Crippen LogP contribution in [0.4, 0.5) is 0 Å².